The quantitative estimate of drug-likeness (QED) is 0.805. The van der Waals surface area contributed by atoms with E-state index in [-0.39, 0.29) is 5.60 Å². The molecule has 3 heteroatoms. The SMILES string of the molecule is COC1(c2nc(C3CC3)cs2)CCC(C)(C)CC1. The van der Waals surface area contributed by atoms with Crippen LogP contribution < -0.4 is 0 Å². The van der Waals surface area contributed by atoms with Gasteiger partial charge in [0.1, 0.15) is 10.6 Å². The highest BCUT2D eigenvalue weighted by Gasteiger charge is 2.42. The van der Waals surface area contributed by atoms with E-state index in [1.807, 2.05) is 18.4 Å². The van der Waals surface area contributed by atoms with Crippen molar-refractivity contribution in [2.24, 2.45) is 5.41 Å². The van der Waals surface area contributed by atoms with Gasteiger partial charge < -0.3 is 4.74 Å². The largest absolute Gasteiger partial charge is 0.371 e. The van der Waals surface area contributed by atoms with Gasteiger partial charge in [0.2, 0.25) is 0 Å². The zero-order valence-electron chi connectivity index (χ0n) is 11.7. The molecule has 18 heavy (non-hydrogen) atoms. The van der Waals surface area contributed by atoms with E-state index < -0.39 is 0 Å². The van der Waals surface area contributed by atoms with Crippen molar-refractivity contribution >= 4 is 11.3 Å². The first kappa shape index (κ1) is 12.6. The van der Waals surface area contributed by atoms with Crippen molar-refractivity contribution in [3.63, 3.8) is 0 Å². The van der Waals surface area contributed by atoms with Crippen LogP contribution in [0, 0.1) is 5.41 Å². The van der Waals surface area contributed by atoms with Crippen molar-refractivity contribution in [1.29, 1.82) is 0 Å². The average molecular weight is 265 g/mol. The van der Waals surface area contributed by atoms with E-state index >= 15 is 0 Å². The summed E-state index contributed by atoms with van der Waals surface area (Å²) in [5.41, 5.74) is 1.70. The molecule has 0 spiro atoms. The monoisotopic (exact) mass is 265 g/mol. The summed E-state index contributed by atoms with van der Waals surface area (Å²) in [6.07, 6.45) is 7.37. The number of nitrogens with zero attached hydrogens (tertiary/aromatic N) is 1. The predicted octanol–water partition coefficient (Wildman–Crippen LogP) is 4.46. The number of aromatic nitrogens is 1. The van der Waals surface area contributed by atoms with E-state index in [9.17, 15) is 0 Å². The van der Waals surface area contributed by atoms with Crippen molar-refractivity contribution in [1.82, 2.24) is 4.98 Å². The van der Waals surface area contributed by atoms with Gasteiger partial charge in [0, 0.05) is 18.4 Å². The normalized spacial score (nSPS) is 26.2. The van der Waals surface area contributed by atoms with Crippen molar-refractivity contribution < 1.29 is 4.74 Å². The van der Waals surface area contributed by atoms with Crippen molar-refractivity contribution in [3.05, 3.63) is 16.1 Å². The Bertz CT molecular complexity index is 423. The van der Waals surface area contributed by atoms with E-state index in [1.165, 1.54) is 36.4 Å². The van der Waals surface area contributed by atoms with Crippen LogP contribution in [-0.4, -0.2) is 12.1 Å². The average Bonchev–Trinajstić information content (AvgIpc) is 3.09. The van der Waals surface area contributed by atoms with E-state index in [0.717, 1.165) is 18.8 Å². The number of ether oxygens (including phenoxy) is 1. The smallest absolute Gasteiger partial charge is 0.125 e. The molecule has 2 aliphatic carbocycles. The minimum atomic E-state index is -0.0900. The number of hydrogen-bond acceptors (Lipinski definition) is 3. The summed E-state index contributed by atoms with van der Waals surface area (Å²) < 4.78 is 5.92. The van der Waals surface area contributed by atoms with Gasteiger partial charge >= 0.3 is 0 Å². The highest BCUT2D eigenvalue weighted by Crippen LogP contribution is 2.49. The summed E-state index contributed by atoms with van der Waals surface area (Å²) in [6, 6.07) is 0. The fourth-order valence-corrected chi connectivity index (χ4v) is 4.04. The molecule has 1 aromatic rings. The van der Waals surface area contributed by atoms with Crippen molar-refractivity contribution in [2.75, 3.05) is 7.11 Å². The molecule has 1 heterocycles. The Kier molecular flexibility index (Phi) is 3.02. The summed E-state index contributed by atoms with van der Waals surface area (Å²) in [4.78, 5) is 4.88. The Morgan fingerprint density at radius 3 is 2.44 bits per heavy atom. The molecule has 0 N–H and O–H groups in total. The minimum absolute atomic E-state index is 0.0900. The summed E-state index contributed by atoms with van der Waals surface area (Å²) in [6.45, 7) is 4.73. The van der Waals surface area contributed by atoms with Crippen LogP contribution in [-0.2, 0) is 10.3 Å². The highest BCUT2D eigenvalue weighted by molar-refractivity contribution is 7.09. The molecule has 1 aromatic heterocycles. The maximum Gasteiger partial charge on any atom is 0.125 e. The third-order valence-electron chi connectivity index (χ3n) is 4.71. The van der Waals surface area contributed by atoms with E-state index in [4.69, 9.17) is 9.72 Å². The second kappa shape index (κ2) is 4.31. The lowest BCUT2D eigenvalue weighted by atomic mass is 9.71. The molecule has 2 saturated carbocycles. The number of hydrogen-bond donors (Lipinski definition) is 0. The molecule has 100 valence electrons. The Labute approximate surface area is 114 Å². The van der Waals surface area contributed by atoms with Crippen LogP contribution in [0.3, 0.4) is 0 Å². The second-order valence-corrected chi connectivity index (χ2v) is 7.57. The van der Waals surface area contributed by atoms with Crippen LogP contribution >= 0.6 is 11.3 Å². The molecule has 3 rings (SSSR count). The first-order valence-corrected chi connectivity index (χ1v) is 7.94. The van der Waals surface area contributed by atoms with Crippen LogP contribution in [0.5, 0.6) is 0 Å². The third kappa shape index (κ3) is 2.23. The Morgan fingerprint density at radius 1 is 1.22 bits per heavy atom. The molecule has 2 nitrogen and oxygen atoms in total. The molecule has 2 aliphatic rings. The molecular weight excluding hydrogens is 242 g/mol. The lowest BCUT2D eigenvalue weighted by Crippen LogP contribution is -2.36. The zero-order chi connectivity index (χ0) is 12.8. The van der Waals surface area contributed by atoms with Gasteiger partial charge in [0.05, 0.1) is 5.69 Å². The second-order valence-electron chi connectivity index (χ2n) is 6.71. The summed E-state index contributed by atoms with van der Waals surface area (Å²) in [5, 5.41) is 3.48. The first-order chi connectivity index (χ1) is 8.55. The van der Waals surface area contributed by atoms with Gasteiger partial charge in [-0.3, -0.25) is 0 Å². The maximum absolute atomic E-state index is 5.92. The molecule has 0 saturated heterocycles. The van der Waals surface area contributed by atoms with Crippen molar-refractivity contribution in [2.45, 2.75) is 63.9 Å². The van der Waals surface area contributed by atoms with Gasteiger partial charge in [0.25, 0.3) is 0 Å². The number of methoxy groups -OCH3 is 1. The van der Waals surface area contributed by atoms with E-state index in [0.29, 0.717) is 5.41 Å². The van der Waals surface area contributed by atoms with Gasteiger partial charge in [-0.25, -0.2) is 4.98 Å². The number of thiazole rings is 1. The molecule has 0 aromatic carbocycles. The molecule has 0 amide bonds. The Hall–Kier alpha value is -0.410. The molecule has 0 bridgehead atoms. The Balaban J connectivity index is 1.82. The van der Waals surface area contributed by atoms with Crippen LogP contribution in [0.4, 0.5) is 0 Å². The van der Waals surface area contributed by atoms with E-state index in [2.05, 4.69) is 19.2 Å². The molecular formula is C15H23NOS. The Morgan fingerprint density at radius 2 is 1.89 bits per heavy atom. The lowest BCUT2D eigenvalue weighted by molar-refractivity contribution is -0.0668. The summed E-state index contributed by atoms with van der Waals surface area (Å²) in [7, 11) is 1.86. The van der Waals surface area contributed by atoms with Gasteiger partial charge in [-0.1, -0.05) is 13.8 Å². The molecule has 0 atom stereocenters. The highest BCUT2D eigenvalue weighted by atomic mass is 32.1. The van der Waals surface area contributed by atoms with Crippen molar-refractivity contribution in [3.8, 4) is 0 Å². The van der Waals surface area contributed by atoms with Gasteiger partial charge in [-0.15, -0.1) is 11.3 Å². The van der Waals surface area contributed by atoms with Crippen LogP contribution in [0.15, 0.2) is 5.38 Å². The third-order valence-corrected chi connectivity index (χ3v) is 5.76. The van der Waals surface area contributed by atoms with Crippen LogP contribution in [0.2, 0.25) is 0 Å². The fraction of sp³-hybridized carbons (Fsp3) is 0.800. The summed E-state index contributed by atoms with van der Waals surface area (Å²) in [5.74, 6) is 0.754. The van der Waals surface area contributed by atoms with E-state index in [1.54, 1.807) is 0 Å². The van der Waals surface area contributed by atoms with Gasteiger partial charge in [0.15, 0.2) is 0 Å². The van der Waals surface area contributed by atoms with Crippen LogP contribution in [0.25, 0.3) is 0 Å². The maximum atomic E-state index is 5.92. The molecule has 2 fully saturated rings. The molecule has 0 unspecified atom stereocenters. The standard InChI is InChI=1S/C15H23NOS/c1-14(2)6-8-15(17-3,9-7-14)13-16-12(10-18-13)11-4-5-11/h10-11H,4-9H2,1-3H3. The van der Waals surface area contributed by atoms with Gasteiger partial charge in [-0.05, 0) is 43.9 Å². The minimum Gasteiger partial charge on any atom is -0.371 e. The van der Waals surface area contributed by atoms with Gasteiger partial charge in [-0.2, -0.15) is 0 Å². The fourth-order valence-electron chi connectivity index (χ4n) is 2.90. The lowest BCUT2D eigenvalue weighted by Gasteiger charge is -2.41. The molecule has 0 radical (unpaired) electrons. The number of rotatable bonds is 3. The topological polar surface area (TPSA) is 22.1 Å². The zero-order valence-corrected chi connectivity index (χ0v) is 12.5. The first-order valence-electron chi connectivity index (χ1n) is 7.06. The van der Waals surface area contributed by atoms with Crippen LogP contribution in [0.1, 0.15) is 69.0 Å². The summed E-state index contributed by atoms with van der Waals surface area (Å²) >= 11 is 1.81. The molecule has 0 aliphatic heterocycles. The predicted molar refractivity (Wildman–Crippen MR) is 75.0 cm³/mol.